The molecule has 2 aromatic rings. The van der Waals surface area contributed by atoms with Gasteiger partial charge in [0.05, 0.1) is 34.6 Å². The van der Waals surface area contributed by atoms with Crippen molar-refractivity contribution in [3.8, 4) is 10.4 Å². The van der Waals surface area contributed by atoms with Gasteiger partial charge in [-0.05, 0) is 48.6 Å². The zero-order valence-corrected chi connectivity index (χ0v) is 26.5. The van der Waals surface area contributed by atoms with E-state index in [0.717, 1.165) is 34.5 Å². The molecule has 11 heteroatoms. The summed E-state index contributed by atoms with van der Waals surface area (Å²) in [4.78, 5) is 59.0. The van der Waals surface area contributed by atoms with Crippen LogP contribution in [-0.2, 0) is 19.2 Å². The second kappa shape index (κ2) is 13.1. The van der Waals surface area contributed by atoms with Crippen molar-refractivity contribution in [3.63, 3.8) is 0 Å². The summed E-state index contributed by atoms with van der Waals surface area (Å²) in [6.07, 6.45) is 2.25. The molecule has 1 aliphatic carbocycles. The van der Waals surface area contributed by atoms with Gasteiger partial charge in [-0.15, -0.1) is 11.3 Å². The number of amides is 3. The van der Waals surface area contributed by atoms with Crippen LogP contribution in [0.4, 0.5) is 0 Å². The predicted molar refractivity (Wildman–Crippen MR) is 164 cm³/mol. The van der Waals surface area contributed by atoms with E-state index in [1.165, 1.54) is 4.90 Å². The third kappa shape index (κ3) is 7.80. The Labute approximate surface area is 257 Å². The number of aryl methyl sites for hydroxylation is 1. The Morgan fingerprint density at radius 2 is 1.74 bits per heavy atom. The summed E-state index contributed by atoms with van der Waals surface area (Å²) in [5, 5.41) is 25.8. The molecule has 0 spiro atoms. The van der Waals surface area contributed by atoms with E-state index >= 15 is 0 Å². The Kier molecular flexibility index (Phi) is 9.96. The summed E-state index contributed by atoms with van der Waals surface area (Å²) < 4.78 is 0. The number of likely N-dealkylation sites (tertiary alicyclic amines) is 1. The molecule has 43 heavy (non-hydrogen) atoms. The number of hydrogen-bond acceptors (Lipinski definition) is 7. The molecule has 3 amide bonds. The van der Waals surface area contributed by atoms with Crippen molar-refractivity contribution in [1.29, 1.82) is 0 Å². The molecule has 10 nitrogen and oxygen atoms in total. The Hall–Kier alpha value is -3.31. The number of hydrogen-bond donors (Lipinski definition) is 4. The van der Waals surface area contributed by atoms with Crippen molar-refractivity contribution in [2.45, 2.75) is 104 Å². The van der Waals surface area contributed by atoms with E-state index in [1.54, 1.807) is 11.3 Å². The Morgan fingerprint density at radius 1 is 1.09 bits per heavy atom. The van der Waals surface area contributed by atoms with Crippen LogP contribution in [0.25, 0.3) is 10.4 Å². The number of thiazole rings is 1. The van der Waals surface area contributed by atoms with Gasteiger partial charge in [-0.25, -0.2) is 4.98 Å². The fourth-order valence-corrected chi connectivity index (χ4v) is 7.24. The maximum atomic E-state index is 13.9. The summed E-state index contributed by atoms with van der Waals surface area (Å²) >= 11 is 1.57. The van der Waals surface area contributed by atoms with Crippen molar-refractivity contribution in [3.05, 3.63) is 41.0 Å². The quantitative estimate of drug-likeness (QED) is 0.314. The molecule has 2 aliphatic rings. The molecule has 4 rings (SSSR count). The predicted octanol–water partition coefficient (Wildman–Crippen LogP) is 4.21. The molecule has 1 unspecified atom stereocenters. The van der Waals surface area contributed by atoms with E-state index in [9.17, 15) is 29.4 Å². The molecule has 234 valence electrons. The Balaban J connectivity index is 1.45. The van der Waals surface area contributed by atoms with Gasteiger partial charge >= 0.3 is 5.97 Å². The summed E-state index contributed by atoms with van der Waals surface area (Å²) in [5.41, 5.74) is 3.43. The summed E-state index contributed by atoms with van der Waals surface area (Å²) in [6.45, 7) is 9.32. The molecule has 0 radical (unpaired) electrons. The van der Waals surface area contributed by atoms with Crippen LogP contribution in [0.15, 0.2) is 29.8 Å². The van der Waals surface area contributed by atoms with Crippen molar-refractivity contribution >= 4 is 35.0 Å². The van der Waals surface area contributed by atoms with Gasteiger partial charge in [-0.3, -0.25) is 19.2 Å². The summed E-state index contributed by atoms with van der Waals surface area (Å²) in [7, 11) is 0. The molecule has 4 atom stereocenters. The van der Waals surface area contributed by atoms with Crippen molar-refractivity contribution in [2.75, 3.05) is 6.54 Å². The molecule has 1 saturated heterocycles. The van der Waals surface area contributed by atoms with Crippen molar-refractivity contribution in [2.24, 2.45) is 10.8 Å². The van der Waals surface area contributed by atoms with Crippen LogP contribution in [0.5, 0.6) is 0 Å². The first-order chi connectivity index (χ1) is 20.2. The van der Waals surface area contributed by atoms with Crippen LogP contribution in [0.1, 0.15) is 89.9 Å². The number of carboxylic acids is 1. The SMILES string of the molecule is Cc1ncsc1-c1ccc([C@H](C)NC(=O)[C@@H]2C[C@@H](O)CN2C(=O)C(NC(=O)CC2(CC(=O)O)CCCC2)C(C)(C)C)cc1. The molecular formula is C32H44N4O6S. The smallest absolute Gasteiger partial charge is 0.303 e. The van der Waals surface area contributed by atoms with Crippen molar-refractivity contribution < 1.29 is 29.4 Å². The van der Waals surface area contributed by atoms with Crippen LogP contribution in [0.3, 0.4) is 0 Å². The van der Waals surface area contributed by atoms with E-state index in [0.29, 0.717) is 12.8 Å². The first-order valence-electron chi connectivity index (χ1n) is 15.0. The number of β-amino-alcohol motifs (C(OH)–C–C–N with tert-alkyl or cyclic N) is 1. The molecule has 1 aliphatic heterocycles. The minimum Gasteiger partial charge on any atom is -0.481 e. The highest BCUT2D eigenvalue weighted by Crippen LogP contribution is 2.44. The van der Waals surface area contributed by atoms with E-state index in [2.05, 4.69) is 15.6 Å². The van der Waals surface area contributed by atoms with E-state index < -0.39 is 40.9 Å². The zero-order valence-electron chi connectivity index (χ0n) is 25.7. The summed E-state index contributed by atoms with van der Waals surface area (Å²) in [6, 6.07) is 5.72. The average Bonchev–Trinajstić information content (AvgIpc) is 3.66. The third-order valence-corrected chi connectivity index (χ3v) is 9.76. The van der Waals surface area contributed by atoms with Gasteiger partial charge in [0.15, 0.2) is 0 Å². The lowest BCUT2D eigenvalue weighted by molar-refractivity contribution is -0.145. The molecule has 4 N–H and O–H groups in total. The maximum Gasteiger partial charge on any atom is 0.303 e. The lowest BCUT2D eigenvalue weighted by atomic mass is 9.78. The lowest BCUT2D eigenvalue weighted by Crippen LogP contribution is -2.58. The average molecular weight is 613 g/mol. The molecular weight excluding hydrogens is 568 g/mol. The monoisotopic (exact) mass is 612 g/mol. The van der Waals surface area contributed by atoms with Gasteiger partial charge < -0.3 is 25.7 Å². The molecule has 1 aromatic heterocycles. The first kappa shape index (κ1) is 32.6. The minimum atomic E-state index is -0.955. The Morgan fingerprint density at radius 3 is 2.30 bits per heavy atom. The summed E-state index contributed by atoms with van der Waals surface area (Å²) in [5.74, 6) is -2.11. The van der Waals surface area contributed by atoms with Crippen LogP contribution >= 0.6 is 11.3 Å². The third-order valence-electron chi connectivity index (χ3n) is 8.79. The topological polar surface area (TPSA) is 149 Å². The van der Waals surface area contributed by atoms with Crippen LogP contribution in [0, 0.1) is 17.8 Å². The molecule has 0 bridgehead atoms. The van der Waals surface area contributed by atoms with Crippen LogP contribution < -0.4 is 10.6 Å². The number of carbonyl (C=O) groups excluding carboxylic acids is 3. The first-order valence-corrected chi connectivity index (χ1v) is 15.9. The fraction of sp³-hybridized carbons (Fsp3) is 0.594. The number of aliphatic carboxylic acids is 1. The fourth-order valence-electron chi connectivity index (χ4n) is 6.43. The van der Waals surface area contributed by atoms with Crippen LogP contribution in [-0.4, -0.2) is 68.5 Å². The van der Waals surface area contributed by atoms with Gasteiger partial charge in [-0.2, -0.15) is 0 Å². The zero-order chi connectivity index (χ0) is 31.5. The number of carbonyl (C=O) groups is 4. The van der Waals surface area contributed by atoms with Gasteiger partial charge in [0.1, 0.15) is 12.1 Å². The molecule has 1 aromatic carbocycles. The maximum absolute atomic E-state index is 13.9. The van der Waals surface area contributed by atoms with Gasteiger partial charge in [0.2, 0.25) is 17.7 Å². The van der Waals surface area contributed by atoms with E-state index in [4.69, 9.17) is 0 Å². The van der Waals surface area contributed by atoms with Gasteiger partial charge in [0.25, 0.3) is 0 Å². The highest BCUT2D eigenvalue weighted by atomic mass is 32.1. The molecule has 2 fully saturated rings. The number of benzene rings is 1. The lowest BCUT2D eigenvalue weighted by Gasteiger charge is -2.36. The van der Waals surface area contributed by atoms with Gasteiger partial charge in [0, 0.05) is 19.4 Å². The molecule has 1 saturated carbocycles. The largest absolute Gasteiger partial charge is 0.481 e. The number of aliphatic hydroxyl groups excluding tert-OH is 1. The number of nitrogens with zero attached hydrogens (tertiary/aromatic N) is 2. The Bertz CT molecular complexity index is 1330. The highest BCUT2D eigenvalue weighted by molar-refractivity contribution is 7.13. The number of nitrogens with one attached hydrogen (secondary N) is 2. The van der Waals surface area contributed by atoms with Gasteiger partial charge in [-0.1, -0.05) is 57.9 Å². The standard InChI is InChI=1S/C32H44N4O6S/c1-19(21-8-10-22(11-9-21)27-20(2)33-18-43-27)34-29(41)24-14-23(37)17-36(24)30(42)28(31(3,4)5)35-25(38)15-32(16-26(39)40)12-6-7-13-32/h8-11,18-19,23-24,28,37H,6-7,12-17H2,1-5H3,(H,34,41)(H,35,38)(H,39,40)/t19-,23+,24-,28?/m0/s1. The van der Waals surface area contributed by atoms with Crippen LogP contribution in [0.2, 0.25) is 0 Å². The van der Waals surface area contributed by atoms with E-state index in [1.807, 2.05) is 64.4 Å². The van der Waals surface area contributed by atoms with Crippen molar-refractivity contribution in [1.82, 2.24) is 20.5 Å². The number of aliphatic hydroxyl groups is 1. The minimum absolute atomic E-state index is 0.0143. The second-order valence-corrected chi connectivity index (χ2v) is 14.2. The number of rotatable bonds is 10. The van der Waals surface area contributed by atoms with E-state index in [-0.39, 0.29) is 43.7 Å². The second-order valence-electron chi connectivity index (χ2n) is 13.3. The number of carboxylic acid groups (broad SMARTS) is 1. The normalized spacial score (nSPS) is 21.3. The molecule has 2 heterocycles. The highest BCUT2D eigenvalue weighted by Gasteiger charge is 2.45. The number of aromatic nitrogens is 1.